The molecular weight excluding hydrogens is 458 g/mol. The molecule has 4 rings (SSSR count). The summed E-state index contributed by atoms with van der Waals surface area (Å²) in [5.74, 6) is -2.43. The van der Waals surface area contributed by atoms with Gasteiger partial charge in [0.1, 0.15) is 17.6 Å². The van der Waals surface area contributed by atoms with Crippen LogP contribution in [0.4, 0.5) is 8.78 Å². The number of hydrogen-bond donors (Lipinski definition) is 2. The van der Waals surface area contributed by atoms with Gasteiger partial charge in [-0.3, -0.25) is 9.59 Å². The summed E-state index contributed by atoms with van der Waals surface area (Å²) in [5, 5.41) is 14.3. The van der Waals surface area contributed by atoms with Crippen molar-refractivity contribution in [1.82, 2.24) is 25.5 Å². The molecule has 0 aliphatic carbocycles. The molecule has 3 N–H and O–H groups in total. The molecule has 1 aliphatic heterocycles. The van der Waals surface area contributed by atoms with Gasteiger partial charge in [-0.25, -0.2) is 8.78 Å². The molecule has 1 radical (unpaired) electrons. The van der Waals surface area contributed by atoms with E-state index in [1.807, 2.05) is 0 Å². The summed E-state index contributed by atoms with van der Waals surface area (Å²) in [7, 11) is 1.54. The van der Waals surface area contributed by atoms with E-state index in [1.165, 1.54) is 30.0 Å². The average Bonchev–Trinajstić information content (AvgIpc) is 3.11. The van der Waals surface area contributed by atoms with E-state index < -0.39 is 35.6 Å². The standard InChI is InChI=1S/C21H18ClF2N6O3/c1-9(26-21(32)14-8-33-18(14)19(25)31)12-4-3-10(5-15(12)23)13-6-11(22)7-16(24)17(13)20-27-29-30(2)28-20/h3-7,9,18H,8H2,1-2H3,(H2,25,31)(H,26,32). The monoisotopic (exact) mass is 475 g/mol. The lowest BCUT2D eigenvalue weighted by molar-refractivity contribution is -0.144. The van der Waals surface area contributed by atoms with Crippen molar-refractivity contribution in [2.24, 2.45) is 12.8 Å². The zero-order valence-electron chi connectivity index (χ0n) is 17.5. The maximum absolute atomic E-state index is 15.0. The molecule has 1 aromatic heterocycles. The summed E-state index contributed by atoms with van der Waals surface area (Å²) >= 11 is 6.04. The molecule has 1 fully saturated rings. The molecule has 33 heavy (non-hydrogen) atoms. The number of amides is 2. The Morgan fingerprint density at radius 1 is 1.27 bits per heavy atom. The molecule has 171 valence electrons. The number of hydrogen-bond acceptors (Lipinski definition) is 6. The Kier molecular flexibility index (Phi) is 6.09. The normalized spacial score (nSPS) is 16.8. The van der Waals surface area contributed by atoms with Gasteiger partial charge in [0.15, 0.2) is 6.10 Å². The molecule has 2 amide bonds. The summed E-state index contributed by atoms with van der Waals surface area (Å²) in [4.78, 5) is 24.8. The predicted octanol–water partition coefficient (Wildman–Crippen LogP) is 2.11. The lowest BCUT2D eigenvalue weighted by Gasteiger charge is -2.33. The Morgan fingerprint density at radius 3 is 2.61 bits per heavy atom. The molecule has 1 saturated heterocycles. The van der Waals surface area contributed by atoms with Gasteiger partial charge in [-0.05, 0) is 41.5 Å². The Bertz CT molecular complexity index is 1250. The molecule has 0 saturated carbocycles. The first kappa shape index (κ1) is 22.7. The van der Waals surface area contributed by atoms with E-state index in [1.54, 1.807) is 13.0 Å². The van der Waals surface area contributed by atoms with Crippen LogP contribution < -0.4 is 11.1 Å². The highest BCUT2D eigenvalue weighted by Gasteiger charge is 2.43. The molecular formula is C21H18ClF2N6O3. The zero-order valence-corrected chi connectivity index (χ0v) is 18.2. The summed E-state index contributed by atoms with van der Waals surface area (Å²) in [6.45, 7) is 1.57. The number of primary amides is 1. The largest absolute Gasteiger partial charge is 0.367 e. The van der Waals surface area contributed by atoms with Crippen LogP contribution >= 0.6 is 11.6 Å². The van der Waals surface area contributed by atoms with Crippen molar-refractivity contribution in [1.29, 1.82) is 0 Å². The average molecular weight is 476 g/mol. The number of nitrogens with zero attached hydrogens (tertiary/aromatic N) is 4. The fourth-order valence-electron chi connectivity index (χ4n) is 3.51. The summed E-state index contributed by atoms with van der Waals surface area (Å²) < 4.78 is 34.8. The molecule has 2 aromatic carbocycles. The van der Waals surface area contributed by atoms with Crippen molar-refractivity contribution in [2.45, 2.75) is 19.1 Å². The fourth-order valence-corrected chi connectivity index (χ4v) is 3.72. The second kappa shape index (κ2) is 8.83. The minimum absolute atomic E-state index is 0.0207. The molecule has 1 aliphatic rings. The summed E-state index contributed by atoms with van der Waals surface area (Å²) in [5.41, 5.74) is 5.99. The Labute approximate surface area is 191 Å². The highest BCUT2D eigenvalue weighted by atomic mass is 35.5. The number of aromatic nitrogens is 4. The third kappa shape index (κ3) is 4.41. The number of tetrazole rings is 1. The number of halogens is 3. The van der Waals surface area contributed by atoms with E-state index in [4.69, 9.17) is 22.1 Å². The molecule has 9 nitrogen and oxygen atoms in total. The Balaban J connectivity index is 1.62. The van der Waals surface area contributed by atoms with Gasteiger partial charge in [0.25, 0.3) is 0 Å². The van der Waals surface area contributed by atoms with E-state index in [2.05, 4.69) is 20.7 Å². The van der Waals surface area contributed by atoms with Crippen molar-refractivity contribution in [3.63, 3.8) is 0 Å². The van der Waals surface area contributed by atoms with Gasteiger partial charge >= 0.3 is 0 Å². The Morgan fingerprint density at radius 2 is 2.03 bits per heavy atom. The van der Waals surface area contributed by atoms with E-state index in [0.717, 1.165) is 6.07 Å². The van der Waals surface area contributed by atoms with Crippen molar-refractivity contribution in [2.75, 3.05) is 6.61 Å². The van der Waals surface area contributed by atoms with Crippen LogP contribution in [0, 0.1) is 17.6 Å². The summed E-state index contributed by atoms with van der Waals surface area (Å²) in [6, 6.07) is 6.10. The minimum Gasteiger partial charge on any atom is -0.367 e. The number of ether oxygens (including phenoxy) is 1. The number of rotatable bonds is 6. The van der Waals surface area contributed by atoms with Crippen LogP contribution in [-0.2, 0) is 21.4 Å². The third-order valence-electron chi connectivity index (χ3n) is 5.18. The minimum atomic E-state index is -1.07. The third-order valence-corrected chi connectivity index (χ3v) is 5.40. The lowest BCUT2D eigenvalue weighted by atomic mass is 9.94. The molecule has 2 atom stereocenters. The second-order valence-electron chi connectivity index (χ2n) is 7.46. The number of carbonyl (C=O) groups excluding carboxylic acids is 2. The maximum atomic E-state index is 15.0. The first-order chi connectivity index (χ1) is 15.7. The van der Waals surface area contributed by atoms with Gasteiger partial charge in [-0.15, -0.1) is 10.2 Å². The summed E-state index contributed by atoms with van der Waals surface area (Å²) in [6.07, 6.45) is -1.07. The van der Waals surface area contributed by atoms with Crippen LogP contribution in [0.3, 0.4) is 0 Å². The number of benzene rings is 2. The predicted molar refractivity (Wildman–Crippen MR) is 113 cm³/mol. The van der Waals surface area contributed by atoms with Crippen molar-refractivity contribution in [3.05, 3.63) is 58.5 Å². The SMILES string of the molecule is CC(NC(=O)[C]1COC1C(N)=O)c1ccc(-c2cc(Cl)cc(F)c2-c2nnn(C)n2)cc1F. The van der Waals surface area contributed by atoms with Crippen LogP contribution in [0.1, 0.15) is 18.5 Å². The van der Waals surface area contributed by atoms with E-state index >= 15 is 4.39 Å². The van der Waals surface area contributed by atoms with Crippen molar-refractivity contribution < 1.29 is 23.1 Å². The van der Waals surface area contributed by atoms with Crippen molar-refractivity contribution in [3.8, 4) is 22.5 Å². The molecule has 12 heteroatoms. The first-order valence-corrected chi connectivity index (χ1v) is 10.1. The fraction of sp³-hybridized carbons (Fsp3) is 0.238. The number of nitrogens with one attached hydrogen (secondary N) is 1. The first-order valence-electron chi connectivity index (χ1n) is 9.76. The molecule has 2 heterocycles. The highest BCUT2D eigenvalue weighted by Crippen LogP contribution is 2.36. The van der Waals surface area contributed by atoms with Crippen LogP contribution in [0.15, 0.2) is 30.3 Å². The molecule has 0 spiro atoms. The van der Waals surface area contributed by atoms with Crippen molar-refractivity contribution >= 4 is 23.4 Å². The van der Waals surface area contributed by atoms with Gasteiger partial charge in [0.2, 0.25) is 17.6 Å². The Hall–Kier alpha value is -3.44. The quantitative estimate of drug-likeness (QED) is 0.562. The topological polar surface area (TPSA) is 125 Å². The van der Waals surface area contributed by atoms with Gasteiger partial charge < -0.3 is 15.8 Å². The van der Waals surface area contributed by atoms with E-state index in [9.17, 15) is 14.0 Å². The van der Waals surface area contributed by atoms with E-state index in [-0.39, 0.29) is 40.1 Å². The lowest BCUT2D eigenvalue weighted by Crippen LogP contribution is -2.54. The molecule has 0 bridgehead atoms. The van der Waals surface area contributed by atoms with E-state index in [0.29, 0.717) is 5.56 Å². The van der Waals surface area contributed by atoms with Crippen LogP contribution in [-0.4, -0.2) is 44.7 Å². The highest BCUT2D eigenvalue weighted by molar-refractivity contribution is 6.31. The molecule has 2 unspecified atom stereocenters. The maximum Gasteiger partial charge on any atom is 0.247 e. The van der Waals surface area contributed by atoms with Gasteiger partial charge in [-0.2, -0.15) is 4.80 Å². The van der Waals surface area contributed by atoms with Crippen LogP contribution in [0.5, 0.6) is 0 Å². The van der Waals surface area contributed by atoms with Crippen LogP contribution in [0.25, 0.3) is 22.5 Å². The molecule has 3 aromatic rings. The zero-order chi connectivity index (χ0) is 23.9. The van der Waals surface area contributed by atoms with Gasteiger partial charge in [-0.1, -0.05) is 23.7 Å². The smallest absolute Gasteiger partial charge is 0.247 e. The second-order valence-corrected chi connectivity index (χ2v) is 7.90. The number of carbonyl (C=O) groups is 2. The van der Waals surface area contributed by atoms with Gasteiger partial charge in [0.05, 0.1) is 25.3 Å². The number of aryl methyl sites for hydroxylation is 1. The van der Waals surface area contributed by atoms with Gasteiger partial charge in [0, 0.05) is 10.6 Å². The number of nitrogens with two attached hydrogens (primary N) is 1. The van der Waals surface area contributed by atoms with Crippen LogP contribution in [0.2, 0.25) is 5.02 Å².